The predicted octanol–water partition coefficient (Wildman–Crippen LogP) is 3.68. The van der Waals surface area contributed by atoms with Gasteiger partial charge in [-0.3, -0.25) is 0 Å². The normalized spacial score (nSPS) is 11.3. The van der Waals surface area contributed by atoms with E-state index in [0.717, 1.165) is 13.0 Å². The number of aliphatic hydroxyl groups excluding tert-OH is 1. The van der Waals surface area contributed by atoms with Crippen LogP contribution in [0.25, 0.3) is 22.9 Å². The third-order valence-corrected chi connectivity index (χ3v) is 3.77. The number of rotatable bonds is 5. The van der Waals surface area contributed by atoms with Crippen molar-refractivity contribution in [3.63, 3.8) is 0 Å². The molecule has 2 aromatic carbocycles. The number of aromatic nitrogens is 1. The molecule has 0 atom stereocenters. The zero-order chi connectivity index (χ0) is 15.2. The minimum Gasteiger partial charge on any atom is -0.396 e. The topological polar surface area (TPSA) is 24.1 Å². The predicted molar refractivity (Wildman–Crippen MR) is 91.2 cm³/mol. The molecule has 0 amide bonds. The van der Waals surface area contributed by atoms with Crippen LogP contribution in [-0.2, 0) is 6.54 Å². The van der Waals surface area contributed by atoms with E-state index in [1.807, 2.05) is 0 Å². The minimum atomic E-state index is 0.232. The van der Waals surface area contributed by atoms with Gasteiger partial charge in [-0.1, -0.05) is 54.6 Å². The van der Waals surface area contributed by atoms with Crippen molar-refractivity contribution >= 4 is 22.9 Å². The number of hydrogen-bond donors (Lipinski definition) is 1. The van der Waals surface area contributed by atoms with Crippen LogP contribution in [0.2, 0.25) is 0 Å². The highest BCUT2D eigenvalue weighted by atomic mass is 16.3. The number of hydrogen-bond acceptors (Lipinski definition) is 1. The van der Waals surface area contributed by atoms with E-state index in [1.165, 1.54) is 21.9 Å². The van der Waals surface area contributed by atoms with Gasteiger partial charge in [-0.25, -0.2) is 4.57 Å². The van der Waals surface area contributed by atoms with Crippen molar-refractivity contribution < 1.29 is 9.67 Å². The molecule has 2 nitrogen and oxygen atoms in total. The van der Waals surface area contributed by atoms with Gasteiger partial charge < -0.3 is 5.11 Å². The second kappa shape index (κ2) is 7.01. The van der Waals surface area contributed by atoms with Gasteiger partial charge in [0.1, 0.15) is 0 Å². The lowest BCUT2D eigenvalue weighted by atomic mass is 10.0. The highest BCUT2D eigenvalue weighted by molar-refractivity contribution is 5.92. The first kappa shape index (κ1) is 14.5. The number of aryl methyl sites for hydroxylation is 1. The Hall–Kier alpha value is -2.45. The van der Waals surface area contributed by atoms with Gasteiger partial charge in [0.15, 0.2) is 18.9 Å². The summed E-state index contributed by atoms with van der Waals surface area (Å²) in [5.41, 5.74) is 2.41. The molecule has 0 saturated heterocycles. The number of pyridine rings is 1. The van der Waals surface area contributed by atoms with Crippen LogP contribution in [-0.4, -0.2) is 11.7 Å². The second-order valence-corrected chi connectivity index (χ2v) is 5.35. The smallest absolute Gasteiger partial charge is 0.169 e. The fourth-order valence-corrected chi connectivity index (χ4v) is 2.56. The first-order chi connectivity index (χ1) is 10.9. The quantitative estimate of drug-likeness (QED) is 0.712. The van der Waals surface area contributed by atoms with Gasteiger partial charge in [0, 0.05) is 25.2 Å². The van der Waals surface area contributed by atoms with Crippen molar-refractivity contribution in [1.29, 1.82) is 0 Å². The Morgan fingerprint density at radius 2 is 1.64 bits per heavy atom. The standard InChI is InChI=1S/C20H20NO/c22-16-4-13-21-14-11-17(12-15-21)9-10-19-7-3-6-18-5-1-2-8-20(18)19/h1-3,5-12,14-15,22H,4,13,16H2/q+1/b10-9+. The summed E-state index contributed by atoms with van der Waals surface area (Å²) in [6, 6.07) is 19.0. The molecular formula is C20H20NO+. The molecule has 110 valence electrons. The zero-order valence-corrected chi connectivity index (χ0v) is 12.5. The Balaban J connectivity index is 1.81. The molecule has 0 aliphatic heterocycles. The van der Waals surface area contributed by atoms with Gasteiger partial charge in [0.05, 0.1) is 0 Å². The molecule has 0 fully saturated rings. The van der Waals surface area contributed by atoms with Gasteiger partial charge in [0.25, 0.3) is 0 Å². The molecule has 1 N–H and O–H groups in total. The molecule has 0 aliphatic carbocycles. The van der Waals surface area contributed by atoms with Crippen LogP contribution < -0.4 is 4.57 Å². The SMILES string of the molecule is OCCC[n+]1ccc(/C=C/c2cccc3ccccc23)cc1. The summed E-state index contributed by atoms with van der Waals surface area (Å²) >= 11 is 0. The third-order valence-electron chi connectivity index (χ3n) is 3.77. The second-order valence-electron chi connectivity index (χ2n) is 5.35. The van der Waals surface area contributed by atoms with Crippen molar-refractivity contribution in [1.82, 2.24) is 0 Å². The van der Waals surface area contributed by atoms with Gasteiger partial charge in [0.2, 0.25) is 0 Å². The maximum absolute atomic E-state index is 8.85. The van der Waals surface area contributed by atoms with E-state index in [9.17, 15) is 0 Å². The Kier molecular flexibility index (Phi) is 4.62. The van der Waals surface area contributed by atoms with Crippen LogP contribution in [0.15, 0.2) is 67.0 Å². The number of fused-ring (bicyclic) bond motifs is 1. The molecule has 0 aliphatic rings. The number of nitrogens with zero attached hydrogens (tertiary/aromatic N) is 1. The van der Waals surface area contributed by atoms with Gasteiger partial charge in [-0.15, -0.1) is 0 Å². The number of aliphatic hydroxyl groups is 1. The Morgan fingerprint density at radius 3 is 2.45 bits per heavy atom. The van der Waals surface area contributed by atoms with Crippen LogP contribution in [0.1, 0.15) is 17.5 Å². The zero-order valence-electron chi connectivity index (χ0n) is 12.5. The molecule has 1 heterocycles. The van der Waals surface area contributed by atoms with Crippen LogP contribution in [0.4, 0.5) is 0 Å². The van der Waals surface area contributed by atoms with E-state index >= 15 is 0 Å². The fraction of sp³-hybridized carbons (Fsp3) is 0.150. The van der Waals surface area contributed by atoms with Crippen molar-refractivity contribution in [2.45, 2.75) is 13.0 Å². The number of benzene rings is 2. The molecule has 0 saturated carbocycles. The maximum Gasteiger partial charge on any atom is 0.169 e. The van der Waals surface area contributed by atoms with Crippen molar-refractivity contribution in [2.75, 3.05) is 6.61 Å². The molecule has 2 heteroatoms. The fourth-order valence-electron chi connectivity index (χ4n) is 2.56. The van der Waals surface area contributed by atoms with Crippen molar-refractivity contribution in [2.24, 2.45) is 0 Å². The lowest BCUT2D eigenvalue weighted by Crippen LogP contribution is -2.32. The van der Waals surface area contributed by atoms with Crippen LogP contribution in [0.3, 0.4) is 0 Å². The van der Waals surface area contributed by atoms with Crippen LogP contribution in [0.5, 0.6) is 0 Å². The summed E-state index contributed by atoms with van der Waals surface area (Å²) in [7, 11) is 0. The Bertz CT molecular complexity index is 770. The highest BCUT2D eigenvalue weighted by Gasteiger charge is 1.99. The molecule has 0 radical (unpaired) electrons. The lowest BCUT2D eigenvalue weighted by molar-refractivity contribution is -0.697. The van der Waals surface area contributed by atoms with E-state index in [1.54, 1.807) is 0 Å². The average Bonchev–Trinajstić information content (AvgIpc) is 2.59. The van der Waals surface area contributed by atoms with Crippen LogP contribution in [0, 0.1) is 0 Å². The Labute approximate surface area is 131 Å². The molecule has 3 aromatic rings. The van der Waals surface area contributed by atoms with E-state index < -0.39 is 0 Å². The molecule has 3 rings (SSSR count). The minimum absolute atomic E-state index is 0.232. The summed E-state index contributed by atoms with van der Waals surface area (Å²) in [6.07, 6.45) is 9.20. The maximum atomic E-state index is 8.85. The van der Waals surface area contributed by atoms with E-state index in [2.05, 4.69) is 83.7 Å². The average molecular weight is 290 g/mol. The van der Waals surface area contributed by atoms with Crippen molar-refractivity contribution in [3.05, 3.63) is 78.1 Å². The molecule has 0 unspecified atom stereocenters. The van der Waals surface area contributed by atoms with Gasteiger partial charge >= 0.3 is 0 Å². The van der Waals surface area contributed by atoms with Gasteiger partial charge in [-0.05, 0) is 21.9 Å². The molecule has 1 aromatic heterocycles. The molecule has 0 spiro atoms. The van der Waals surface area contributed by atoms with Crippen molar-refractivity contribution in [3.8, 4) is 0 Å². The summed E-state index contributed by atoms with van der Waals surface area (Å²) < 4.78 is 2.09. The molecule has 0 bridgehead atoms. The Morgan fingerprint density at radius 1 is 0.864 bits per heavy atom. The molecular weight excluding hydrogens is 270 g/mol. The largest absolute Gasteiger partial charge is 0.396 e. The lowest BCUT2D eigenvalue weighted by Gasteiger charge is -2.01. The summed E-state index contributed by atoms with van der Waals surface area (Å²) in [4.78, 5) is 0. The molecule has 22 heavy (non-hydrogen) atoms. The van der Waals surface area contributed by atoms with Crippen LogP contribution >= 0.6 is 0 Å². The summed E-state index contributed by atoms with van der Waals surface area (Å²) in [5, 5.41) is 11.4. The monoisotopic (exact) mass is 290 g/mol. The highest BCUT2D eigenvalue weighted by Crippen LogP contribution is 2.20. The first-order valence-electron chi connectivity index (χ1n) is 7.62. The first-order valence-corrected chi connectivity index (χ1v) is 7.62. The third kappa shape index (κ3) is 3.41. The van der Waals surface area contributed by atoms with E-state index in [-0.39, 0.29) is 6.61 Å². The van der Waals surface area contributed by atoms with E-state index in [4.69, 9.17) is 5.11 Å². The summed E-state index contributed by atoms with van der Waals surface area (Å²) in [5.74, 6) is 0. The summed E-state index contributed by atoms with van der Waals surface area (Å²) in [6.45, 7) is 1.08. The van der Waals surface area contributed by atoms with Gasteiger partial charge in [-0.2, -0.15) is 0 Å². The van der Waals surface area contributed by atoms with E-state index in [0.29, 0.717) is 0 Å².